The van der Waals surface area contributed by atoms with Crippen molar-refractivity contribution in [2.24, 2.45) is 4.99 Å². The van der Waals surface area contributed by atoms with E-state index in [1.165, 1.54) is 6.92 Å². The molecular weight excluding hydrogens is 240 g/mol. The highest BCUT2D eigenvalue weighted by atomic mass is 16.3. The minimum absolute atomic E-state index is 0.0701. The largest absolute Gasteiger partial charge is 0.508 e. The van der Waals surface area contributed by atoms with Gasteiger partial charge in [-0.1, -0.05) is 6.07 Å². The first kappa shape index (κ1) is 13.0. The lowest BCUT2D eigenvalue weighted by Crippen LogP contribution is -2.03. The summed E-state index contributed by atoms with van der Waals surface area (Å²) in [6.07, 6.45) is 0. The molecule has 0 saturated carbocycles. The second-order valence-corrected chi connectivity index (χ2v) is 4.18. The van der Waals surface area contributed by atoms with Gasteiger partial charge < -0.3 is 5.11 Å². The number of rotatable bonds is 3. The monoisotopic (exact) mass is 254 g/mol. The fraction of sp³-hybridized carbons (Fsp3) is 0.133. The van der Waals surface area contributed by atoms with Crippen LogP contribution in [0.3, 0.4) is 0 Å². The molecule has 0 bridgehead atoms. The summed E-state index contributed by atoms with van der Waals surface area (Å²) in [6, 6.07) is 11.9. The van der Waals surface area contributed by atoms with Crippen LogP contribution in [0.2, 0.25) is 0 Å². The van der Waals surface area contributed by atoms with Gasteiger partial charge >= 0.3 is 0 Å². The molecule has 0 aliphatic rings. The van der Waals surface area contributed by atoms with Gasteiger partial charge in [0.25, 0.3) is 0 Å². The molecule has 96 valence electrons. The van der Waals surface area contributed by atoms with E-state index in [0.717, 1.165) is 5.69 Å². The van der Waals surface area contributed by atoms with Crippen LogP contribution >= 0.6 is 0 Å². The van der Waals surface area contributed by atoms with Gasteiger partial charge in [0.05, 0.1) is 17.1 Å². The Bertz CT molecular complexity index is 631. The zero-order chi connectivity index (χ0) is 13.8. The maximum atomic E-state index is 11.3. The lowest BCUT2D eigenvalue weighted by atomic mass is 10.2. The summed E-state index contributed by atoms with van der Waals surface area (Å²) in [6.45, 7) is 3.32. The normalized spacial score (nSPS) is 11.4. The zero-order valence-corrected chi connectivity index (χ0v) is 10.8. The van der Waals surface area contributed by atoms with E-state index in [1.807, 2.05) is 13.0 Å². The highest BCUT2D eigenvalue weighted by molar-refractivity contribution is 6.00. The molecule has 1 heterocycles. The van der Waals surface area contributed by atoms with Crippen LogP contribution in [0, 0.1) is 0 Å². The Morgan fingerprint density at radius 2 is 1.68 bits per heavy atom. The molecule has 0 saturated heterocycles. The lowest BCUT2D eigenvalue weighted by Gasteiger charge is -2.02. The molecular formula is C15H14N2O2. The van der Waals surface area contributed by atoms with Crippen molar-refractivity contribution in [3.8, 4) is 5.75 Å². The number of carbonyl (C=O) groups is 1. The molecule has 19 heavy (non-hydrogen) atoms. The molecule has 0 aliphatic carbocycles. The average Bonchev–Trinajstić information content (AvgIpc) is 2.41. The van der Waals surface area contributed by atoms with Crippen LogP contribution in [0.4, 0.5) is 5.69 Å². The Morgan fingerprint density at radius 1 is 1.05 bits per heavy atom. The van der Waals surface area contributed by atoms with Gasteiger partial charge in [0.2, 0.25) is 0 Å². The van der Waals surface area contributed by atoms with E-state index in [1.54, 1.807) is 36.4 Å². The van der Waals surface area contributed by atoms with Crippen LogP contribution in [0.5, 0.6) is 5.75 Å². The molecule has 1 aromatic carbocycles. The predicted molar refractivity (Wildman–Crippen MR) is 74.2 cm³/mol. The molecule has 1 N–H and O–H groups in total. The summed E-state index contributed by atoms with van der Waals surface area (Å²) in [5, 5.41) is 9.21. The summed E-state index contributed by atoms with van der Waals surface area (Å²) < 4.78 is 0. The fourth-order valence-corrected chi connectivity index (χ4v) is 1.61. The quantitative estimate of drug-likeness (QED) is 0.676. The van der Waals surface area contributed by atoms with E-state index < -0.39 is 0 Å². The molecule has 0 amide bonds. The van der Waals surface area contributed by atoms with E-state index in [2.05, 4.69) is 9.98 Å². The minimum Gasteiger partial charge on any atom is -0.508 e. The van der Waals surface area contributed by atoms with Crippen LogP contribution in [-0.2, 0) is 0 Å². The molecule has 1 aromatic heterocycles. The van der Waals surface area contributed by atoms with Crippen LogP contribution in [0.25, 0.3) is 0 Å². The Balaban J connectivity index is 2.33. The summed E-state index contributed by atoms with van der Waals surface area (Å²) in [5.41, 5.74) is 2.54. The maximum absolute atomic E-state index is 11.3. The predicted octanol–water partition coefficient (Wildman–Crippen LogP) is 3.13. The summed E-state index contributed by atoms with van der Waals surface area (Å²) in [5.74, 6) is 0.132. The van der Waals surface area contributed by atoms with Crippen molar-refractivity contribution in [3.05, 3.63) is 53.9 Å². The van der Waals surface area contributed by atoms with Crippen molar-refractivity contribution in [1.82, 2.24) is 4.98 Å². The number of benzene rings is 1. The maximum Gasteiger partial charge on any atom is 0.178 e. The number of ketones is 1. The molecule has 0 spiro atoms. The molecule has 0 aliphatic heterocycles. The number of hydrogen-bond donors (Lipinski definition) is 1. The zero-order valence-electron chi connectivity index (χ0n) is 10.8. The van der Waals surface area contributed by atoms with E-state index in [4.69, 9.17) is 0 Å². The Morgan fingerprint density at radius 3 is 2.32 bits per heavy atom. The Labute approximate surface area is 111 Å². The summed E-state index contributed by atoms with van der Waals surface area (Å²) in [4.78, 5) is 19.9. The average molecular weight is 254 g/mol. The van der Waals surface area contributed by atoms with E-state index in [0.29, 0.717) is 17.1 Å². The van der Waals surface area contributed by atoms with Gasteiger partial charge in [-0.3, -0.25) is 9.79 Å². The van der Waals surface area contributed by atoms with Crippen molar-refractivity contribution in [3.63, 3.8) is 0 Å². The van der Waals surface area contributed by atoms with Crippen molar-refractivity contribution in [2.45, 2.75) is 13.8 Å². The van der Waals surface area contributed by atoms with Gasteiger partial charge in [-0.15, -0.1) is 0 Å². The number of aromatic nitrogens is 1. The van der Waals surface area contributed by atoms with Crippen LogP contribution in [-0.4, -0.2) is 21.6 Å². The van der Waals surface area contributed by atoms with Crippen molar-refractivity contribution < 1.29 is 9.90 Å². The van der Waals surface area contributed by atoms with Gasteiger partial charge in [-0.05, 0) is 43.3 Å². The molecule has 0 atom stereocenters. The van der Waals surface area contributed by atoms with Gasteiger partial charge in [-0.25, -0.2) is 4.98 Å². The number of pyridine rings is 1. The van der Waals surface area contributed by atoms with Gasteiger partial charge in [0, 0.05) is 6.92 Å². The number of nitrogens with zero attached hydrogens (tertiary/aromatic N) is 2. The third-order valence-corrected chi connectivity index (χ3v) is 2.63. The standard InChI is InChI=1S/C15H14N2O2/c1-10(16-12-6-8-13(19)9-7-12)14-4-3-5-15(17-14)11(2)18/h3-9,19H,1-2H3/b16-10-. The van der Waals surface area contributed by atoms with Crippen LogP contribution in [0.1, 0.15) is 30.0 Å². The Hall–Kier alpha value is -2.49. The number of Topliss-reactive ketones (excluding diaryl/α,β-unsaturated/α-hetero) is 1. The Kier molecular flexibility index (Phi) is 3.71. The van der Waals surface area contributed by atoms with Crippen molar-refractivity contribution in [1.29, 1.82) is 0 Å². The van der Waals surface area contributed by atoms with Crippen molar-refractivity contribution >= 4 is 17.2 Å². The summed E-state index contributed by atoms with van der Waals surface area (Å²) >= 11 is 0. The first-order chi connectivity index (χ1) is 9.06. The van der Waals surface area contributed by atoms with E-state index in [-0.39, 0.29) is 11.5 Å². The van der Waals surface area contributed by atoms with Crippen molar-refractivity contribution in [2.75, 3.05) is 0 Å². The molecule has 2 rings (SSSR count). The molecule has 0 radical (unpaired) electrons. The fourth-order valence-electron chi connectivity index (χ4n) is 1.61. The smallest absolute Gasteiger partial charge is 0.178 e. The first-order valence-electron chi connectivity index (χ1n) is 5.89. The summed E-state index contributed by atoms with van der Waals surface area (Å²) in [7, 11) is 0. The number of aromatic hydroxyl groups is 1. The molecule has 0 fully saturated rings. The third kappa shape index (κ3) is 3.25. The molecule has 4 nitrogen and oxygen atoms in total. The molecule has 0 unspecified atom stereocenters. The minimum atomic E-state index is -0.0701. The van der Waals surface area contributed by atoms with Gasteiger partial charge in [0.1, 0.15) is 11.4 Å². The number of phenols is 1. The topological polar surface area (TPSA) is 62.5 Å². The number of hydrogen-bond acceptors (Lipinski definition) is 4. The number of phenolic OH excluding ortho intramolecular Hbond substituents is 1. The first-order valence-corrected chi connectivity index (χ1v) is 5.89. The highest BCUT2D eigenvalue weighted by Crippen LogP contribution is 2.17. The van der Waals surface area contributed by atoms with Gasteiger partial charge in [0.15, 0.2) is 5.78 Å². The van der Waals surface area contributed by atoms with Crippen LogP contribution < -0.4 is 0 Å². The molecule has 4 heteroatoms. The molecule has 2 aromatic rings. The number of carbonyl (C=O) groups excluding carboxylic acids is 1. The van der Waals surface area contributed by atoms with E-state index in [9.17, 15) is 9.90 Å². The second-order valence-electron chi connectivity index (χ2n) is 4.18. The highest BCUT2D eigenvalue weighted by Gasteiger charge is 2.04. The lowest BCUT2D eigenvalue weighted by molar-refractivity contribution is 0.101. The third-order valence-electron chi connectivity index (χ3n) is 2.63. The number of aliphatic imine (C=N–C) groups is 1. The second kappa shape index (κ2) is 5.44. The van der Waals surface area contributed by atoms with E-state index >= 15 is 0 Å². The van der Waals surface area contributed by atoms with Crippen LogP contribution in [0.15, 0.2) is 47.5 Å². The van der Waals surface area contributed by atoms with Gasteiger partial charge in [-0.2, -0.15) is 0 Å². The SMILES string of the molecule is CC(=O)c1cccc(/C(C)=N\c2ccc(O)cc2)n1.